The van der Waals surface area contributed by atoms with E-state index in [1.807, 2.05) is 75.4 Å². The molecule has 0 aromatic heterocycles. The lowest BCUT2D eigenvalue weighted by molar-refractivity contribution is -0.135. The Hall–Kier alpha value is -3.15. The fourth-order valence-electron chi connectivity index (χ4n) is 3.66. The molecular weight excluding hydrogens is 366 g/mol. The third-order valence-corrected chi connectivity index (χ3v) is 5.65. The highest BCUT2D eigenvalue weighted by Crippen LogP contribution is 2.25. The van der Waals surface area contributed by atoms with Crippen LogP contribution in [-0.2, 0) is 9.59 Å². The Morgan fingerprint density at radius 1 is 1.00 bits per heavy atom. The first-order valence-electron chi connectivity index (χ1n) is 9.99. The molecule has 3 rings (SSSR count). The normalized spacial score (nSPS) is 16.4. The molecule has 0 radical (unpaired) electrons. The summed E-state index contributed by atoms with van der Waals surface area (Å²) >= 11 is 0. The molecule has 152 valence electrons. The number of hydrogen-bond donors (Lipinski definition) is 2. The number of nitrogens with zero attached hydrogens (tertiary/aromatic N) is 1. The van der Waals surface area contributed by atoms with Crippen molar-refractivity contribution >= 4 is 17.8 Å². The highest BCUT2D eigenvalue weighted by atomic mass is 16.2. The number of amides is 4. The average molecular weight is 393 g/mol. The summed E-state index contributed by atoms with van der Waals surface area (Å²) in [7, 11) is 0. The van der Waals surface area contributed by atoms with Crippen LogP contribution in [0, 0.1) is 0 Å². The van der Waals surface area contributed by atoms with Crippen molar-refractivity contribution in [3.8, 4) is 11.1 Å². The molecule has 2 N–H and O–H groups in total. The van der Waals surface area contributed by atoms with Crippen molar-refractivity contribution < 1.29 is 14.4 Å². The Balaban J connectivity index is 1.62. The third-order valence-electron chi connectivity index (χ3n) is 5.65. The van der Waals surface area contributed by atoms with Gasteiger partial charge in [0.15, 0.2) is 0 Å². The third kappa shape index (κ3) is 4.16. The van der Waals surface area contributed by atoms with Crippen LogP contribution >= 0.6 is 0 Å². The number of rotatable bonds is 7. The smallest absolute Gasteiger partial charge is 0.325 e. The Kier molecular flexibility index (Phi) is 6.01. The average Bonchev–Trinajstić information content (AvgIpc) is 2.99. The van der Waals surface area contributed by atoms with Crippen molar-refractivity contribution in [2.45, 2.75) is 45.2 Å². The minimum absolute atomic E-state index is 0.241. The molecule has 0 unspecified atom stereocenters. The van der Waals surface area contributed by atoms with E-state index in [1.165, 1.54) is 0 Å². The summed E-state index contributed by atoms with van der Waals surface area (Å²) in [5, 5.41) is 5.61. The van der Waals surface area contributed by atoms with E-state index in [1.54, 1.807) is 0 Å². The quantitative estimate of drug-likeness (QED) is 0.705. The predicted molar refractivity (Wildman–Crippen MR) is 112 cm³/mol. The Labute approximate surface area is 171 Å². The second kappa shape index (κ2) is 8.47. The highest BCUT2D eigenvalue weighted by Gasteiger charge is 2.49. The molecule has 29 heavy (non-hydrogen) atoms. The van der Waals surface area contributed by atoms with E-state index in [-0.39, 0.29) is 24.4 Å². The van der Waals surface area contributed by atoms with E-state index in [4.69, 9.17) is 0 Å². The standard InChI is InChI=1S/C23H27N3O3/c1-4-23(5-2)21(28)26(22(29)25-23)15-20(27)24-16(3)17-11-13-19(14-12-17)18-9-7-6-8-10-18/h6-14,16H,4-5,15H2,1-3H3,(H,24,27)(H,25,29)/t16-/m0/s1. The molecule has 0 spiro atoms. The zero-order chi connectivity index (χ0) is 21.0. The van der Waals surface area contributed by atoms with Gasteiger partial charge >= 0.3 is 6.03 Å². The number of nitrogens with one attached hydrogen (secondary N) is 2. The molecule has 6 heteroatoms. The van der Waals surface area contributed by atoms with Gasteiger partial charge in [-0.3, -0.25) is 14.5 Å². The van der Waals surface area contributed by atoms with Gasteiger partial charge in [-0.25, -0.2) is 4.79 Å². The van der Waals surface area contributed by atoms with Crippen LogP contribution < -0.4 is 10.6 Å². The summed E-state index contributed by atoms with van der Waals surface area (Å²) in [6, 6.07) is 17.3. The van der Waals surface area contributed by atoms with Gasteiger partial charge in [0.25, 0.3) is 5.91 Å². The second-order valence-corrected chi connectivity index (χ2v) is 7.39. The summed E-state index contributed by atoms with van der Waals surface area (Å²) in [5.41, 5.74) is 2.29. The molecular formula is C23H27N3O3. The van der Waals surface area contributed by atoms with E-state index in [0.717, 1.165) is 21.6 Å². The second-order valence-electron chi connectivity index (χ2n) is 7.39. The Morgan fingerprint density at radius 3 is 2.14 bits per heavy atom. The highest BCUT2D eigenvalue weighted by molar-refractivity contribution is 6.09. The number of benzene rings is 2. The molecule has 2 aromatic carbocycles. The molecule has 1 fully saturated rings. The number of carbonyl (C=O) groups is 3. The maximum atomic E-state index is 12.6. The Bertz CT molecular complexity index is 889. The van der Waals surface area contributed by atoms with Gasteiger partial charge in [0, 0.05) is 0 Å². The SMILES string of the molecule is CCC1(CC)NC(=O)N(CC(=O)N[C@@H](C)c2ccc(-c3ccccc3)cc2)C1=O. The minimum Gasteiger partial charge on any atom is -0.348 e. The molecule has 2 aromatic rings. The molecule has 1 aliphatic rings. The number of urea groups is 1. The zero-order valence-electron chi connectivity index (χ0n) is 17.1. The van der Waals surface area contributed by atoms with Gasteiger partial charge in [-0.15, -0.1) is 0 Å². The van der Waals surface area contributed by atoms with Crippen LogP contribution in [-0.4, -0.2) is 34.8 Å². The largest absolute Gasteiger partial charge is 0.348 e. The fourth-order valence-corrected chi connectivity index (χ4v) is 3.66. The lowest BCUT2D eigenvalue weighted by atomic mass is 9.93. The van der Waals surface area contributed by atoms with Gasteiger partial charge in [0.05, 0.1) is 6.04 Å². The summed E-state index contributed by atoms with van der Waals surface area (Å²) in [6.45, 7) is 5.31. The van der Waals surface area contributed by atoms with E-state index >= 15 is 0 Å². The number of carbonyl (C=O) groups excluding carboxylic acids is 3. The van der Waals surface area contributed by atoms with Crippen LogP contribution in [0.3, 0.4) is 0 Å². The summed E-state index contributed by atoms with van der Waals surface area (Å²) in [5.74, 6) is -0.696. The first-order valence-corrected chi connectivity index (χ1v) is 9.99. The van der Waals surface area contributed by atoms with Gasteiger partial charge in [-0.1, -0.05) is 68.4 Å². The minimum atomic E-state index is -0.893. The van der Waals surface area contributed by atoms with Crippen molar-refractivity contribution in [2.75, 3.05) is 6.54 Å². The van der Waals surface area contributed by atoms with Gasteiger partial charge < -0.3 is 10.6 Å². The van der Waals surface area contributed by atoms with Crippen molar-refractivity contribution in [2.24, 2.45) is 0 Å². The lowest BCUT2D eigenvalue weighted by Gasteiger charge is -2.23. The van der Waals surface area contributed by atoms with Gasteiger partial charge in [-0.05, 0) is 36.5 Å². The molecule has 1 atom stereocenters. The van der Waals surface area contributed by atoms with E-state index in [2.05, 4.69) is 10.6 Å². The molecule has 0 aliphatic carbocycles. The molecule has 0 saturated carbocycles. The molecule has 6 nitrogen and oxygen atoms in total. The van der Waals surface area contributed by atoms with E-state index in [0.29, 0.717) is 12.8 Å². The number of hydrogen-bond acceptors (Lipinski definition) is 3. The van der Waals surface area contributed by atoms with Crippen LogP contribution in [0.25, 0.3) is 11.1 Å². The van der Waals surface area contributed by atoms with Crippen LogP contribution in [0.15, 0.2) is 54.6 Å². The van der Waals surface area contributed by atoms with Crippen molar-refractivity contribution in [3.63, 3.8) is 0 Å². The van der Waals surface area contributed by atoms with E-state index < -0.39 is 11.6 Å². The maximum Gasteiger partial charge on any atom is 0.325 e. The van der Waals surface area contributed by atoms with Crippen molar-refractivity contribution in [3.05, 3.63) is 60.2 Å². The fraction of sp³-hybridized carbons (Fsp3) is 0.348. The predicted octanol–water partition coefficient (Wildman–Crippen LogP) is 3.64. The van der Waals surface area contributed by atoms with Crippen LogP contribution in [0.5, 0.6) is 0 Å². The molecule has 1 saturated heterocycles. The Morgan fingerprint density at radius 2 is 1.59 bits per heavy atom. The molecule has 1 aliphatic heterocycles. The lowest BCUT2D eigenvalue weighted by Crippen LogP contribution is -2.46. The van der Waals surface area contributed by atoms with Crippen molar-refractivity contribution in [1.29, 1.82) is 0 Å². The maximum absolute atomic E-state index is 12.6. The molecule has 0 bridgehead atoms. The summed E-state index contributed by atoms with van der Waals surface area (Å²) in [6.07, 6.45) is 0.993. The van der Waals surface area contributed by atoms with Crippen LogP contribution in [0.4, 0.5) is 4.79 Å². The van der Waals surface area contributed by atoms with Gasteiger partial charge in [0.2, 0.25) is 5.91 Å². The molecule has 1 heterocycles. The first-order chi connectivity index (χ1) is 13.9. The topological polar surface area (TPSA) is 78.5 Å². The molecule has 4 amide bonds. The monoisotopic (exact) mass is 393 g/mol. The van der Waals surface area contributed by atoms with Gasteiger partial charge in [-0.2, -0.15) is 0 Å². The van der Waals surface area contributed by atoms with Gasteiger partial charge in [0.1, 0.15) is 12.1 Å². The van der Waals surface area contributed by atoms with Crippen LogP contribution in [0.2, 0.25) is 0 Å². The van der Waals surface area contributed by atoms with Crippen molar-refractivity contribution in [1.82, 2.24) is 15.5 Å². The number of imide groups is 1. The first kappa shape index (κ1) is 20.6. The zero-order valence-corrected chi connectivity index (χ0v) is 17.1. The van der Waals surface area contributed by atoms with E-state index in [9.17, 15) is 14.4 Å². The van der Waals surface area contributed by atoms with Crippen LogP contribution in [0.1, 0.15) is 45.2 Å². The summed E-state index contributed by atoms with van der Waals surface area (Å²) < 4.78 is 0. The summed E-state index contributed by atoms with van der Waals surface area (Å²) in [4.78, 5) is 38.3.